The van der Waals surface area contributed by atoms with E-state index in [4.69, 9.17) is 45.3 Å². The molecule has 0 radical (unpaired) electrons. The van der Waals surface area contributed by atoms with Gasteiger partial charge in [0.2, 0.25) is 0 Å². The van der Waals surface area contributed by atoms with Gasteiger partial charge in [-0.2, -0.15) is 0 Å². The van der Waals surface area contributed by atoms with Crippen molar-refractivity contribution in [2.24, 2.45) is 10.7 Å². The first-order chi connectivity index (χ1) is 12.4. The minimum Gasteiger partial charge on any atom is -0.495 e. The Bertz CT molecular complexity index is 834. The van der Waals surface area contributed by atoms with Gasteiger partial charge >= 0.3 is 0 Å². The van der Waals surface area contributed by atoms with Gasteiger partial charge in [-0.15, -0.1) is 24.0 Å². The summed E-state index contributed by atoms with van der Waals surface area (Å²) in [6, 6.07) is 9.82. The van der Waals surface area contributed by atoms with E-state index in [-0.39, 0.29) is 35.8 Å². The first-order valence-electron chi connectivity index (χ1n) is 7.54. The van der Waals surface area contributed by atoms with Gasteiger partial charge in [0, 0.05) is 17.8 Å². The van der Waals surface area contributed by atoms with Crippen LogP contribution >= 0.6 is 58.8 Å². The molecule has 0 aliphatic carbocycles. The van der Waals surface area contributed by atoms with Gasteiger partial charge in [-0.05, 0) is 36.4 Å². The van der Waals surface area contributed by atoms with E-state index in [1.165, 1.54) is 13.2 Å². The van der Waals surface area contributed by atoms with Gasteiger partial charge in [-0.3, -0.25) is 9.79 Å². The van der Waals surface area contributed by atoms with Crippen molar-refractivity contribution in [3.63, 3.8) is 0 Å². The van der Waals surface area contributed by atoms with Gasteiger partial charge in [0.05, 0.1) is 28.7 Å². The van der Waals surface area contributed by atoms with E-state index in [0.29, 0.717) is 45.2 Å². The zero-order valence-corrected chi connectivity index (χ0v) is 18.9. The molecule has 0 saturated carbocycles. The molecule has 146 valence electrons. The van der Waals surface area contributed by atoms with Crippen molar-refractivity contribution in [2.45, 2.75) is 0 Å². The molecule has 1 amide bonds. The molecule has 10 heteroatoms. The van der Waals surface area contributed by atoms with Crippen molar-refractivity contribution in [3.8, 4) is 5.75 Å². The number of amides is 1. The summed E-state index contributed by atoms with van der Waals surface area (Å²) in [5, 5.41) is 6.81. The van der Waals surface area contributed by atoms with Crippen LogP contribution in [-0.4, -0.2) is 32.1 Å². The molecular weight excluding hydrogens is 525 g/mol. The Morgan fingerprint density at radius 3 is 2.48 bits per heavy atom. The van der Waals surface area contributed by atoms with Crippen LogP contribution in [0.2, 0.25) is 15.1 Å². The number of benzene rings is 2. The third-order valence-corrected chi connectivity index (χ3v) is 4.32. The molecule has 0 heterocycles. The first kappa shape index (κ1) is 23.6. The number of carbonyl (C=O) groups is 1. The molecular formula is C17H18Cl3IN4O2. The smallest absolute Gasteiger partial charge is 0.251 e. The second kappa shape index (κ2) is 11.4. The van der Waals surface area contributed by atoms with Gasteiger partial charge < -0.3 is 21.1 Å². The van der Waals surface area contributed by atoms with Crippen LogP contribution < -0.4 is 21.1 Å². The third kappa shape index (κ3) is 7.25. The Balaban J connectivity index is 0.00000364. The number of nitrogens with two attached hydrogens (primary N) is 1. The summed E-state index contributed by atoms with van der Waals surface area (Å²) in [5.41, 5.74) is 6.91. The van der Waals surface area contributed by atoms with E-state index in [0.717, 1.165) is 0 Å². The molecule has 0 unspecified atom stereocenters. The largest absolute Gasteiger partial charge is 0.495 e. The van der Waals surface area contributed by atoms with Crippen molar-refractivity contribution in [1.82, 2.24) is 5.32 Å². The Morgan fingerprint density at radius 1 is 1.11 bits per heavy atom. The fourth-order valence-corrected chi connectivity index (χ4v) is 2.57. The van der Waals surface area contributed by atoms with Crippen LogP contribution in [0.3, 0.4) is 0 Å². The van der Waals surface area contributed by atoms with Gasteiger partial charge in [0.25, 0.3) is 5.91 Å². The van der Waals surface area contributed by atoms with Crippen LogP contribution in [0.25, 0.3) is 0 Å². The number of methoxy groups -OCH3 is 1. The van der Waals surface area contributed by atoms with E-state index in [1.807, 2.05) is 0 Å². The van der Waals surface area contributed by atoms with Gasteiger partial charge in [-0.25, -0.2) is 0 Å². The fourth-order valence-electron chi connectivity index (χ4n) is 2.02. The molecule has 0 atom stereocenters. The Morgan fingerprint density at radius 2 is 1.85 bits per heavy atom. The normalized spacial score (nSPS) is 10.7. The molecule has 6 nitrogen and oxygen atoms in total. The second-order valence-corrected chi connectivity index (χ2v) is 6.35. The number of anilines is 1. The Kier molecular flexibility index (Phi) is 10.00. The van der Waals surface area contributed by atoms with E-state index in [1.54, 1.807) is 30.3 Å². The van der Waals surface area contributed by atoms with Crippen LogP contribution in [0.5, 0.6) is 5.75 Å². The van der Waals surface area contributed by atoms with Crippen molar-refractivity contribution in [3.05, 3.63) is 57.0 Å². The number of rotatable bonds is 6. The molecule has 2 rings (SSSR count). The number of aliphatic imine (C=N–C) groups is 1. The number of nitrogens with zero attached hydrogens (tertiary/aromatic N) is 1. The highest BCUT2D eigenvalue weighted by molar-refractivity contribution is 14.0. The quantitative estimate of drug-likeness (QED) is 0.218. The number of hydrogen-bond acceptors (Lipinski definition) is 3. The van der Waals surface area contributed by atoms with Crippen molar-refractivity contribution in [1.29, 1.82) is 0 Å². The Hall–Kier alpha value is -1.42. The lowest BCUT2D eigenvalue weighted by Crippen LogP contribution is -2.28. The first-order valence-corrected chi connectivity index (χ1v) is 8.68. The van der Waals surface area contributed by atoms with Crippen LogP contribution in [0.15, 0.2) is 41.4 Å². The summed E-state index contributed by atoms with van der Waals surface area (Å²) in [6.07, 6.45) is 0. The summed E-state index contributed by atoms with van der Waals surface area (Å²) >= 11 is 17.8. The fraction of sp³-hybridized carbons (Fsp3) is 0.176. The zero-order chi connectivity index (χ0) is 19.1. The molecule has 2 aromatic carbocycles. The lowest BCUT2D eigenvalue weighted by atomic mass is 10.2. The second-order valence-electron chi connectivity index (χ2n) is 5.13. The SMILES string of the molecule is COc1ccc(NC(N)=NCCNC(=O)c2ccc(Cl)c(Cl)c2)cc1Cl.I. The monoisotopic (exact) mass is 542 g/mol. The summed E-state index contributed by atoms with van der Waals surface area (Å²) in [5.74, 6) is 0.500. The number of nitrogens with one attached hydrogen (secondary N) is 2. The molecule has 0 aliphatic rings. The minimum atomic E-state index is -0.271. The summed E-state index contributed by atoms with van der Waals surface area (Å²) in [4.78, 5) is 16.1. The maximum atomic E-state index is 12.0. The lowest BCUT2D eigenvalue weighted by Gasteiger charge is -2.09. The molecule has 4 N–H and O–H groups in total. The van der Waals surface area contributed by atoms with Crippen LogP contribution in [-0.2, 0) is 0 Å². The molecule has 0 fully saturated rings. The van der Waals surface area contributed by atoms with Gasteiger partial charge in [-0.1, -0.05) is 34.8 Å². The van der Waals surface area contributed by atoms with Crippen molar-refractivity contribution >= 4 is 76.3 Å². The molecule has 0 saturated heterocycles. The van der Waals surface area contributed by atoms with Gasteiger partial charge in [0.1, 0.15) is 5.75 Å². The van der Waals surface area contributed by atoms with Crippen LogP contribution in [0.1, 0.15) is 10.4 Å². The van der Waals surface area contributed by atoms with E-state index >= 15 is 0 Å². The lowest BCUT2D eigenvalue weighted by molar-refractivity contribution is 0.0955. The predicted octanol–water partition coefficient (Wildman–Crippen LogP) is 4.43. The molecule has 27 heavy (non-hydrogen) atoms. The molecule has 0 aromatic heterocycles. The number of hydrogen-bond donors (Lipinski definition) is 3. The highest BCUT2D eigenvalue weighted by Crippen LogP contribution is 2.27. The summed E-state index contributed by atoms with van der Waals surface area (Å²) in [7, 11) is 1.54. The molecule has 2 aromatic rings. The van der Waals surface area contributed by atoms with E-state index in [2.05, 4.69) is 15.6 Å². The van der Waals surface area contributed by atoms with Crippen LogP contribution in [0.4, 0.5) is 5.69 Å². The van der Waals surface area contributed by atoms with Gasteiger partial charge in [0.15, 0.2) is 5.96 Å². The molecule has 0 spiro atoms. The van der Waals surface area contributed by atoms with Crippen molar-refractivity contribution in [2.75, 3.05) is 25.5 Å². The maximum absolute atomic E-state index is 12.0. The summed E-state index contributed by atoms with van der Waals surface area (Å²) in [6.45, 7) is 0.612. The van der Waals surface area contributed by atoms with Crippen LogP contribution in [0, 0.1) is 0 Å². The number of carbonyl (C=O) groups excluding carboxylic acids is 1. The topological polar surface area (TPSA) is 88.7 Å². The highest BCUT2D eigenvalue weighted by atomic mass is 127. The number of guanidine groups is 1. The average Bonchev–Trinajstić information content (AvgIpc) is 2.61. The molecule has 0 bridgehead atoms. The molecule has 0 aliphatic heterocycles. The minimum absolute atomic E-state index is 0. The summed E-state index contributed by atoms with van der Waals surface area (Å²) < 4.78 is 5.08. The average molecular weight is 544 g/mol. The number of ether oxygens (including phenoxy) is 1. The Labute approximate surface area is 189 Å². The number of halogens is 4. The highest BCUT2D eigenvalue weighted by Gasteiger charge is 2.07. The third-order valence-electron chi connectivity index (χ3n) is 3.29. The standard InChI is InChI=1S/C17H17Cl3N4O2.HI/c1-26-15-5-3-11(9-14(15)20)24-17(21)23-7-6-22-16(25)10-2-4-12(18)13(19)8-10;/h2-5,8-9H,6-7H2,1H3,(H,22,25)(H3,21,23,24);1H. The maximum Gasteiger partial charge on any atom is 0.251 e. The predicted molar refractivity (Wildman–Crippen MR) is 122 cm³/mol. The van der Waals surface area contributed by atoms with Crippen molar-refractivity contribution < 1.29 is 9.53 Å². The van der Waals surface area contributed by atoms with E-state index in [9.17, 15) is 4.79 Å². The zero-order valence-electron chi connectivity index (χ0n) is 14.3. The van der Waals surface area contributed by atoms with E-state index < -0.39 is 0 Å².